The van der Waals surface area contributed by atoms with Crippen molar-refractivity contribution >= 4 is 17.2 Å². The molecule has 6 heteroatoms. The molecule has 2 atom stereocenters. The van der Waals surface area contributed by atoms with Gasteiger partial charge in [-0.2, -0.15) is 0 Å². The highest BCUT2D eigenvalue weighted by Crippen LogP contribution is 2.25. The fourth-order valence-electron chi connectivity index (χ4n) is 3.51. The summed E-state index contributed by atoms with van der Waals surface area (Å²) in [5.41, 5.74) is 0. The van der Waals surface area contributed by atoms with E-state index >= 15 is 0 Å². The lowest BCUT2D eigenvalue weighted by Gasteiger charge is -2.30. The van der Waals surface area contributed by atoms with Gasteiger partial charge in [-0.25, -0.2) is 0 Å². The Morgan fingerprint density at radius 2 is 2.09 bits per heavy atom. The van der Waals surface area contributed by atoms with E-state index in [0.717, 1.165) is 45.8 Å². The predicted octanol–water partition coefficient (Wildman–Crippen LogP) is 1.08. The van der Waals surface area contributed by atoms with Gasteiger partial charge in [0.25, 0.3) is 0 Å². The van der Waals surface area contributed by atoms with Gasteiger partial charge in [0.1, 0.15) is 0 Å². The highest BCUT2D eigenvalue weighted by atomic mass is 32.1. The van der Waals surface area contributed by atoms with E-state index < -0.39 is 0 Å². The Hall–Kier alpha value is -0.950. The Labute approximate surface area is 141 Å². The minimum Gasteiger partial charge on any atom is -0.396 e. The lowest BCUT2D eigenvalue weighted by molar-refractivity contribution is -0.130. The smallest absolute Gasteiger partial charge is 0.222 e. The van der Waals surface area contributed by atoms with E-state index in [2.05, 4.69) is 16.3 Å². The molecule has 0 aromatic carbocycles. The molecule has 0 aliphatic carbocycles. The van der Waals surface area contributed by atoms with Gasteiger partial charge in [0.05, 0.1) is 13.2 Å². The summed E-state index contributed by atoms with van der Waals surface area (Å²) in [5, 5.41) is 11.7. The second-order valence-corrected chi connectivity index (χ2v) is 7.53. The first-order chi connectivity index (χ1) is 11.3. The maximum Gasteiger partial charge on any atom is 0.222 e. The van der Waals surface area contributed by atoms with Gasteiger partial charge in [0.15, 0.2) is 0 Å². The van der Waals surface area contributed by atoms with Crippen molar-refractivity contribution in [3.8, 4) is 0 Å². The lowest BCUT2D eigenvalue weighted by atomic mass is 9.96. The molecule has 1 aromatic rings. The van der Waals surface area contributed by atoms with Gasteiger partial charge in [-0.3, -0.25) is 9.69 Å². The van der Waals surface area contributed by atoms with Crippen LogP contribution in [0.2, 0.25) is 0 Å². The molecule has 23 heavy (non-hydrogen) atoms. The Bertz CT molecular complexity index is 488. The molecule has 1 aromatic heterocycles. The molecule has 1 amide bonds. The maximum atomic E-state index is 12.5. The molecule has 0 bridgehead atoms. The van der Waals surface area contributed by atoms with E-state index in [-0.39, 0.29) is 18.4 Å². The number of thiophene rings is 1. The maximum absolute atomic E-state index is 12.5. The molecule has 2 aliphatic rings. The summed E-state index contributed by atoms with van der Waals surface area (Å²) in [6, 6.07) is 4.11. The summed E-state index contributed by atoms with van der Waals surface area (Å²) >= 11 is 1.71. The monoisotopic (exact) mass is 338 g/mol. The Balaban J connectivity index is 1.49. The second-order valence-electron chi connectivity index (χ2n) is 6.49. The first-order valence-electron chi connectivity index (χ1n) is 8.47. The average molecular weight is 338 g/mol. The van der Waals surface area contributed by atoms with Crippen molar-refractivity contribution in [1.82, 2.24) is 9.80 Å². The van der Waals surface area contributed by atoms with Crippen molar-refractivity contribution < 1.29 is 14.6 Å². The Morgan fingerprint density at radius 1 is 1.30 bits per heavy atom. The number of aliphatic hydroxyl groups is 1. The Morgan fingerprint density at radius 3 is 2.78 bits per heavy atom. The molecule has 0 saturated carbocycles. The molecule has 3 heterocycles. The third-order valence-corrected chi connectivity index (χ3v) is 5.86. The van der Waals surface area contributed by atoms with Crippen LogP contribution in [0.25, 0.3) is 0 Å². The molecule has 3 rings (SSSR count). The first kappa shape index (κ1) is 16.9. The predicted molar refractivity (Wildman–Crippen MR) is 90.5 cm³/mol. The zero-order valence-electron chi connectivity index (χ0n) is 13.5. The van der Waals surface area contributed by atoms with Gasteiger partial charge < -0.3 is 14.7 Å². The summed E-state index contributed by atoms with van der Waals surface area (Å²) in [4.78, 5) is 18.1. The number of ether oxygens (including phenoxy) is 1. The molecule has 5 nitrogen and oxygen atoms in total. The van der Waals surface area contributed by atoms with Crippen LogP contribution >= 0.6 is 11.3 Å². The fourth-order valence-corrected chi connectivity index (χ4v) is 4.22. The van der Waals surface area contributed by atoms with Crippen molar-refractivity contribution in [2.45, 2.75) is 12.8 Å². The number of rotatable bonds is 6. The summed E-state index contributed by atoms with van der Waals surface area (Å²) in [6.07, 6.45) is 1.40. The topological polar surface area (TPSA) is 53.0 Å². The third kappa shape index (κ3) is 4.53. The number of nitrogens with zero attached hydrogens (tertiary/aromatic N) is 2. The summed E-state index contributed by atoms with van der Waals surface area (Å²) in [6.45, 7) is 6.12. The Kier molecular flexibility index (Phi) is 6.05. The molecule has 0 spiro atoms. The molecular formula is C17H26N2O3S. The van der Waals surface area contributed by atoms with Crippen LogP contribution < -0.4 is 0 Å². The molecular weight excluding hydrogens is 312 g/mol. The number of carbonyl (C=O) groups is 1. The van der Waals surface area contributed by atoms with E-state index in [4.69, 9.17) is 4.74 Å². The van der Waals surface area contributed by atoms with Crippen LogP contribution in [-0.4, -0.2) is 73.4 Å². The molecule has 2 fully saturated rings. The largest absolute Gasteiger partial charge is 0.396 e. The van der Waals surface area contributed by atoms with E-state index in [1.807, 2.05) is 11.0 Å². The van der Waals surface area contributed by atoms with Gasteiger partial charge in [0, 0.05) is 56.5 Å². The number of aliphatic hydroxyl groups excluding tert-OH is 1. The van der Waals surface area contributed by atoms with E-state index in [0.29, 0.717) is 18.9 Å². The first-order valence-corrected chi connectivity index (χ1v) is 9.35. The zero-order valence-corrected chi connectivity index (χ0v) is 14.3. The zero-order chi connectivity index (χ0) is 16.1. The number of hydrogen-bond acceptors (Lipinski definition) is 5. The van der Waals surface area contributed by atoms with Crippen LogP contribution in [0.4, 0.5) is 0 Å². The molecule has 1 N–H and O–H groups in total. The van der Waals surface area contributed by atoms with E-state index in [1.165, 1.54) is 4.88 Å². The highest BCUT2D eigenvalue weighted by molar-refractivity contribution is 7.09. The minimum atomic E-state index is 0.170. The van der Waals surface area contributed by atoms with Crippen LogP contribution in [0.15, 0.2) is 17.5 Å². The third-order valence-electron chi connectivity index (χ3n) is 4.93. The number of hydrogen-bond donors (Lipinski definition) is 1. The van der Waals surface area contributed by atoms with Gasteiger partial charge in [-0.1, -0.05) is 6.07 Å². The quantitative estimate of drug-likeness (QED) is 0.843. The van der Waals surface area contributed by atoms with Gasteiger partial charge in [0.2, 0.25) is 5.91 Å². The van der Waals surface area contributed by atoms with Crippen molar-refractivity contribution in [3.05, 3.63) is 22.4 Å². The van der Waals surface area contributed by atoms with Gasteiger partial charge in [-0.05, 0) is 23.8 Å². The van der Waals surface area contributed by atoms with Crippen molar-refractivity contribution in [3.63, 3.8) is 0 Å². The lowest BCUT2D eigenvalue weighted by Crippen LogP contribution is -2.41. The van der Waals surface area contributed by atoms with Crippen molar-refractivity contribution in [1.29, 1.82) is 0 Å². The molecule has 2 aliphatic heterocycles. The number of carbonyl (C=O) groups excluding carboxylic acids is 1. The number of likely N-dealkylation sites (tertiary alicyclic amines) is 1. The van der Waals surface area contributed by atoms with Crippen molar-refractivity contribution in [2.75, 3.05) is 52.5 Å². The average Bonchev–Trinajstić information content (AvgIpc) is 3.23. The highest BCUT2D eigenvalue weighted by Gasteiger charge is 2.35. The van der Waals surface area contributed by atoms with E-state index in [1.54, 1.807) is 11.3 Å². The number of aryl methyl sites for hydroxylation is 1. The van der Waals surface area contributed by atoms with Crippen LogP contribution in [0, 0.1) is 11.8 Å². The van der Waals surface area contributed by atoms with Gasteiger partial charge in [-0.15, -0.1) is 11.3 Å². The molecule has 2 unspecified atom stereocenters. The SMILES string of the molecule is O=C(CCc1cccs1)N1CC(CO)C(CN2CCOCC2)C1. The number of amides is 1. The normalized spacial score (nSPS) is 25.9. The number of morpholine rings is 1. The van der Waals surface area contributed by atoms with Crippen LogP contribution in [-0.2, 0) is 16.0 Å². The standard InChI is InChI=1S/C17H26N2O3S/c20-13-15-12-19(17(21)4-3-16-2-1-9-23-16)11-14(15)10-18-5-7-22-8-6-18/h1-2,9,14-15,20H,3-8,10-13H2. The minimum absolute atomic E-state index is 0.170. The van der Waals surface area contributed by atoms with Crippen LogP contribution in [0.1, 0.15) is 11.3 Å². The van der Waals surface area contributed by atoms with E-state index in [9.17, 15) is 9.90 Å². The summed E-state index contributed by atoms with van der Waals surface area (Å²) < 4.78 is 5.39. The molecule has 0 radical (unpaired) electrons. The second kappa shape index (κ2) is 8.24. The fraction of sp³-hybridized carbons (Fsp3) is 0.706. The summed E-state index contributed by atoms with van der Waals surface area (Å²) in [5.74, 6) is 0.814. The van der Waals surface area contributed by atoms with Gasteiger partial charge >= 0.3 is 0 Å². The van der Waals surface area contributed by atoms with Crippen LogP contribution in [0.3, 0.4) is 0 Å². The molecule has 2 saturated heterocycles. The molecule has 128 valence electrons. The van der Waals surface area contributed by atoms with Crippen molar-refractivity contribution in [2.24, 2.45) is 11.8 Å². The van der Waals surface area contributed by atoms with Crippen LogP contribution in [0.5, 0.6) is 0 Å². The summed E-state index contributed by atoms with van der Waals surface area (Å²) in [7, 11) is 0.